The van der Waals surface area contributed by atoms with Crippen molar-refractivity contribution in [1.82, 2.24) is 5.32 Å². The van der Waals surface area contributed by atoms with Crippen LogP contribution in [0.1, 0.15) is 48.6 Å². The van der Waals surface area contributed by atoms with Gasteiger partial charge in [0.15, 0.2) is 0 Å². The van der Waals surface area contributed by atoms with Gasteiger partial charge in [-0.05, 0) is 31.4 Å². The third-order valence-electron chi connectivity index (χ3n) is 4.52. The second kappa shape index (κ2) is 5.19. The molecule has 1 aliphatic carbocycles. The predicted octanol–water partition coefficient (Wildman–Crippen LogP) is 2.78. The van der Waals surface area contributed by atoms with Crippen molar-refractivity contribution in [3.63, 3.8) is 0 Å². The molecule has 2 N–H and O–H groups in total. The molecule has 1 amide bonds. The summed E-state index contributed by atoms with van der Waals surface area (Å²) in [6, 6.07) is 2.28. The summed E-state index contributed by atoms with van der Waals surface area (Å²) in [5, 5.41) is 16.5. The van der Waals surface area contributed by atoms with Gasteiger partial charge in [-0.3, -0.25) is 4.79 Å². The maximum absolute atomic E-state index is 12.5. The summed E-state index contributed by atoms with van der Waals surface area (Å²) in [6.07, 6.45) is 5.03. The quantitative estimate of drug-likeness (QED) is 0.880. The van der Waals surface area contributed by atoms with Crippen LogP contribution in [-0.4, -0.2) is 12.5 Å². The number of carbonyl (C=O) groups is 1. The molecule has 106 valence electrons. The molecule has 0 atom stereocenters. The van der Waals surface area contributed by atoms with Gasteiger partial charge in [0.2, 0.25) is 5.91 Å². The average molecular weight is 289 g/mol. The molecular weight excluding hydrogens is 270 g/mol. The molecule has 0 bridgehead atoms. The van der Waals surface area contributed by atoms with E-state index in [0.717, 1.165) is 55.8 Å². The Kier molecular flexibility index (Phi) is 3.53. The van der Waals surface area contributed by atoms with Crippen LogP contribution in [0.4, 0.5) is 5.00 Å². The van der Waals surface area contributed by atoms with Crippen LogP contribution >= 0.6 is 11.3 Å². The van der Waals surface area contributed by atoms with Crippen molar-refractivity contribution < 1.29 is 4.79 Å². The van der Waals surface area contributed by atoms with Crippen LogP contribution in [0.3, 0.4) is 0 Å². The number of amides is 1. The predicted molar refractivity (Wildman–Crippen MR) is 79.6 cm³/mol. The minimum Gasteiger partial charge on any atom is -0.316 e. The highest BCUT2D eigenvalue weighted by Crippen LogP contribution is 2.40. The lowest BCUT2D eigenvalue weighted by Gasteiger charge is -2.21. The molecule has 3 rings (SSSR count). The van der Waals surface area contributed by atoms with Crippen molar-refractivity contribution in [3.05, 3.63) is 16.0 Å². The molecule has 20 heavy (non-hydrogen) atoms. The fourth-order valence-electron chi connectivity index (χ4n) is 3.18. The number of hydrogen-bond donors (Lipinski definition) is 2. The van der Waals surface area contributed by atoms with E-state index < -0.39 is 0 Å². The van der Waals surface area contributed by atoms with E-state index in [1.165, 1.54) is 4.88 Å². The molecule has 1 saturated carbocycles. The zero-order valence-corrected chi connectivity index (χ0v) is 12.5. The first-order chi connectivity index (χ1) is 9.64. The monoisotopic (exact) mass is 289 g/mol. The number of nitrogens with one attached hydrogen (secondary N) is 2. The Bertz CT molecular complexity index is 579. The molecule has 0 radical (unpaired) electrons. The van der Waals surface area contributed by atoms with Gasteiger partial charge in [-0.1, -0.05) is 19.8 Å². The molecule has 2 heterocycles. The van der Waals surface area contributed by atoms with Crippen molar-refractivity contribution in [2.45, 2.75) is 45.6 Å². The van der Waals surface area contributed by atoms with Crippen LogP contribution in [0.25, 0.3) is 0 Å². The van der Waals surface area contributed by atoms with Crippen molar-refractivity contribution in [2.75, 3.05) is 11.9 Å². The minimum atomic E-state index is -0.254. The third kappa shape index (κ3) is 2.23. The molecule has 0 aromatic carbocycles. The van der Waals surface area contributed by atoms with Crippen LogP contribution in [0.5, 0.6) is 0 Å². The molecule has 1 aromatic rings. The lowest BCUT2D eigenvalue weighted by Crippen LogP contribution is -2.30. The van der Waals surface area contributed by atoms with Crippen molar-refractivity contribution in [2.24, 2.45) is 5.41 Å². The maximum atomic E-state index is 12.5. The highest BCUT2D eigenvalue weighted by molar-refractivity contribution is 7.16. The van der Waals surface area contributed by atoms with Crippen LogP contribution in [0.2, 0.25) is 0 Å². The van der Waals surface area contributed by atoms with Gasteiger partial charge in [-0.2, -0.15) is 5.26 Å². The van der Waals surface area contributed by atoms with Gasteiger partial charge >= 0.3 is 0 Å². The second-order valence-corrected chi connectivity index (χ2v) is 7.07. The number of nitrogens with zero attached hydrogens (tertiary/aromatic N) is 1. The summed E-state index contributed by atoms with van der Waals surface area (Å²) >= 11 is 1.56. The Balaban J connectivity index is 1.86. The first-order valence-electron chi connectivity index (χ1n) is 7.21. The fourth-order valence-corrected chi connectivity index (χ4v) is 4.34. The fraction of sp³-hybridized carbons (Fsp3) is 0.600. The van der Waals surface area contributed by atoms with Gasteiger partial charge in [0, 0.05) is 16.8 Å². The van der Waals surface area contributed by atoms with Crippen molar-refractivity contribution >= 4 is 22.2 Å². The zero-order valence-electron chi connectivity index (χ0n) is 11.7. The molecule has 0 unspecified atom stereocenters. The van der Waals surface area contributed by atoms with E-state index in [1.807, 2.05) is 6.92 Å². The number of anilines is 1. The topological polar surface area (TPSA) is 64.9 Å². The molecule has 4 nitrogen and oxygen atoms in total. The van der Waals surface area contributed by atoms with E-state index in [9.17, 15) is 10.1 Å². The summed E-state index contributed by atoms with van der Waals surface area (Å²) in [7, 11) is 0. The highest BCUT2D eigenvalue weighted by Gasteiger charge is 2.37. The molecule has 1 aromatic heterocycles. The highest BCUT2D eigenvalue weighted by atomic mass is 32.1. The molecule has 0 spiro atoms. The largest absolute Gasteiger partial charge is 0.316 e. The number of carbonyl (C=O) groups excluding carboxylic acids is 1. The van der Waals surface area contributed by atoms with Gasteiger partial charge in [-0.15, -0.1) is 11.3 Å². The molecular formula is C15H19N3OS. The van der Waals surface area contributed by atoms with Gasteiger partial charge in [0.05, 0.1) is 5.56 Å². The molecule has 2 aliphatic rings. The van der Waals surface area contributed by atoms with E-state index in [1.54, 1.807) is 11.3 Å². The van der Waals surface area contributed by atoms with Crippen LogP contribution < -0.4 is 10.6 Å². The Hall–Kier alpha value is -1.38. The molecule has 1 fully saturated rings. The lowest BCUT2D eigenvalue weighted by molar-refractivity contribution is -0.124. The number of nitriles is 1. The van der Waals surface area contributed by atoms with Gasteiger partial charge in [-0.25, -0.2) is 0 Å². The number of rotatable bonds is 2. The summed E-state index contributed by atoms with van der Waals surface area (Å²) in [5.41, 5.74) is 1.56. The Labute approximate surface area is 123 Å². The summed E-state index contributed by atoms with van der Waals surface area (Å²) in [4.78, 5) is 13.7. The SMILES string of the molecule is CC1(C(=O)Nc2sc3c(c2C#N)CCNC3)CCCC1. The van der Waals surface area contributed by atoms with E-state index in [0.29, 0.717) is 5.56 Å². The maximum Gasteiger partial charge on any atom is 0.230 e. The minimum absolute atomic E-state index is 0.0815. The Morgan fingerprint density at radius 1 is 1.45 bits per heavy atom. The van der Waals surface area contributed by atoms with Crippen molar-refractivity contribution in [1.29, 1.82) is 5.26 Å². The normalized spacial score (nSPS) is 20.2. The second-order valence-electron chi connectivity index (χ2n) is 5.97. The van der Waals surface area contributed by atoms with Gasteiger partial charge in [0.25, 0.3) is 0 Å². The van der Waals surface area contributed by atoms with Crippen molar-refractivity contribution in [3.8, 4) is 6.07 Å². The standard InChI is InChI=1S/C15H19N3OS/c1-15(5-2-3-6-15)14(19)18-13-11(8-16)10-4-7-17-9-12(10)20-13/h17H,2-7,9H2,1H3,(H,18,19). The average Bonchev–Trinajstić information content (AvgIpc) is 3.03. The third-order valence-corrected chi connectivity index (χ3v) is 5.67. The van der Waals surface area contributed by atoms with Crippen LogP contribution in [0.15, 0.2) is 0 Å². The first kappa shape index (κ1) is 13.6. The molecule has 1 aliphatic heterocycles. The zero-order chi connectivity index (χ0) is 14.2. The summed E-state index contributed by atoms with van der Waals surface area (Å²) in [6.45, 7) is 3.75. The Morgan fingerprint density at radius 3 is 2.90 bits per heavy atom. The van der Waals surface area contributed by atoms with Gasteiger partial charge in [0.1, 0.15) is 11.1 Å². The molecule has 5 heteroatoms. The summed E-state index contributed by atoms with van der Waals surface area (Å²) < 4.78 is 0. The number of thiophene rings is 1. The van der Waals surface area contributed by atoms with Crippen LogP contribution in [-0.2, 0) is 17.8 Å². The number of fused-ring (bicyclic) bond motifs is 1. The first-order valence-corrected chi connectivity index (χ1v) is 8.02. The number of hydrogen-bond acceptors (Lipinski definition) is 4. The van der Waals surface area contributed by atoms with E-state index in [2.05, 4.69) is 16.7 Å². The smallest absolute Gasteiger partial charge is 0.230 e. The summed E-state index contributed by atoms with van der Waals surface area (Å²) in [5.74, 6) is 0.0815. The molecule has 0 saturated heterocycles. The van der Waals surface area contributed by atoms with Crippen LogP contribution in [0, 0.1) is 16.7 Å². The lowest BCUT2D eigenvalue weighted by atomic mass is 9.88. The van der Waals surface area contributed by atoms with E-state index >= 15 is 0 Å². The van der Waals surface area contributed by atoms with Gasteiger partial charge < -0.3 is 10.6 Å². The Morgan fingerprint density at radius 2 is 2.20 bits per heavy atom. The van der Waals surface area contributed by atoms with E-state index in [-0.39, 0.29) is 11.3 Å². The van der Waals surface area contributed by atoms with E-state index in [4.69, 9.17) is 0 Å².